The quantitative estimate of drug-likeness (QED) is 0.604. The molecule has 0 aromatic carbocycles. The van der Waals surface area contributed by atoms with Crippen LogP contribution < -0.4 is 0 Å². The number of carbonyl (C=O) groups is 2. The first kappa shape index (κ1) is 12.1. The van der Waals surface area contributed by atoms with Gasteiger partial charge < -0.3 is 13.3 Å². The molecule has 13 heavy (non-hydrogen) atoms. The Kier molecular flexibility index (Phi) is 6.16. The fourth-order valence-corrected chi connectivity index (χ4v) is 1.50. The van der Waals surface area contributed by atoms with Crippen LogP contribution in [-0.2, 0) is 22.9 Å². The predicted molar refractivity (Wildman–Crippen MR) is 46.9 cm³/mol. The molecule has 0 spiro atoms. The van der Waals surface area contributed by atoms with Crippen LogP contribution in [0.3, 0.4) is 0 Å². The van der Waals surface area contributed by atoms with Crippen LogP contribution >= 0.6 is 0 Å². The Morgan fingerprint density at radius 2 is 1.46 bits per heavy atom. The highest BCUT2D eigenvalue weighted by Gasteiger charge is 2.22. The van der Waals surface area contributed by atoms with Gasteiger partial charge in [0.1, 0.15) is 0 Å². The Morgan fingerprint density at radius 1 is 1.08 bits per heavy atom. The van der Waals surface area contributed by atoms with Crippen LogP contribution in [0.25, 0.3) is 0 Å². The van der Waals surface area contributed by atoms with Gasteiger partial charge in [0.2, 0.25) is 0 Å². The van der Waals surface area contributed by atoms with E-state index in [1.807, 2.05) is 0 Å². The summed E-state index contributed by atoms with van der Waals surface area (Å²) in [5, 5.41) is 0. The van der Waals surface area contributed by atoms with Gasteiger partial charge in [-0.2, -0.15) is 0 Å². The molecule has 5 nitrogen and oxygen atoms in total. The van der Waals surface area contributed by atoms with E-state index in [1.165, 1.54) is 7.11 Å². The summed E-state index contributed by atoms with van der Waals surface area (Å²) < 4.78 is 14.3. The van der Waals surface area contributed by atoms with E-state index in [4.69, 9.17) is 13.3 Å². The Labute approximate surface area is 78.9 Å². The molecule has 0 aliphatic heterocycles. The monoisotopic (exact) mass is 206 g/mol. The second-order valence-electron chi connectivity index (χ2n) is 2.21. The van der Waals surface area contributed by atoms with E-state index in [0.29, 0.717) is 0 Å². The second kappa shape index (κ2) is 6.61. The van der Waals surface area contributed by atoms with E-state index in [-0.39, 0.29) is 12.8 Å². The van der Waals surface area contributed by atoms with Gasteiger partial charge in [-0.25, -0.2) is 0 Å². The zero-order valence-electron chi connectivity index (χ0n) is 8.03. The van der Waals surface area contributed by atoms with E-state index in [2.05, 4.69) is 0 Å². The van der Waals surface area contributed by atoms with Crippen molar-refractivity contribution in [2.45, 2.75) is 26.7 Å². The lowest BCUT2D eigenvalue weighted by molar-refractivity contribution is -0.142. The highest BCUT2D eigenvalue weighted by molar-refractivity contribution is 6.41. The molecular formula is C7H14O5Si. The SMILES string of the molecule is CCC(=O)O[SiH](OC)OC(=O)CC. The van der Waals surface area contributed by atoms with Crippen LogP contribution in [0.15, 0.2) is 0 Å². The summed E-state index contributed by atoms with van der Waals surface area (Å²) in [6.07, 6.45) is 0.493. The summed E-state index contributed by atoms with van der Waals surface area (Å²) in [6.45, 7) is 3.32. The molecule has 0 saturated carbocycles. The summed E-state index contributed by atoms with van der Waals surface area (Å²) in [7, 11) is -1.21. The lowest BCUT2D eigenvalue weighted by atomic mass is 10.5. The molecule has 0 aromatic rings. The Morgan fingerprint density at radius 3 is 1.69 bits per heavy atom. The van der Waals surface area contributed by atoms with E-state index >= 15 is 0 Å². The van der Waals surface area contributed by atoms with Crippen molar-refractivity contribution >= 4 is 21.5 Å². The molecule has 76 valence electrons. The summed E-state index contributed by atoms with van der Waals surface area (Å²) in [5.74, 6) is -0.829. The lowest BCUT2D eigenvalue weighted by Gasteiger charge is -2.12. The number of rotatable bonds is 5. The van der Waals surface area contributed by atoms with E-state index in [9.17, 15) is 9.59 Å². The van der Waals surface area contributed by atoms with Crippen molar-refractivity contribution in [1.82, 2.24) is 0 Å². The summed E-state index contributed by atoms with van der Waals surface area (Å²) >= 11 is 0. The number of carbonyl (C=O) groups excluding carboxylic acids is 2. The van der Waals surface area contributed by atoms with Crippen LogP contribution in [0, 0.1) is 0 Å². The van der Waals surface area contributed by atoms with Crippen LogP contribution in [0.2, 0.25) is 0 Å². The van der Waals surface area contributed by atoms with Gasteiger partial charge in [-0.15, -0.1) is 0 Å². The van der Waals surface area contributed by atoms with Gasteiger partial charge in [0.25, 0.3) is 11.9 Å². The third-order valence-corrected chi connectivity index (χ3v) is 2.52. The molecule has 0 aliphatic carbocycles. The van der Waals surface area contributed by atoms with Crippen LogP contribution in [0.1, 0.15) is 26.7 Å². The molecule has 0 aliphatic rings. The lowest BCUT2D eigenvalue weighted by Crippen LogP contribution is -2.31. The van der Waals surface area contributed by atoms with E-state index < -0.39 is 21.5 Å². The highest BCUT2D eigenvalue weighted by Crippen LogP contribution is 1.96. The minimum absolute atomic E-state index is 0.247. The zero-order valence-corrected chi connectivity index (χ0v) is 9.19. The molecule has 0 heterocycles. The molecule has 6 heteroatoms. The minimum atomic E-state index is -2.56. The van der Waals surface area contributed by atoms with Gasteiger partial charge in [0.15, 0.2) is 0 Å². The van der Waals surface area contributed by atoms with Gasteiger partial charge in [0.05, 0.1) is 0 Å². The molecule has 0 fully saturated rings. The van der Waals surface area contributed by atoms with Crippen molar-refractivity contribution in [1.29, 1.82) is 0 Å². The maximum Gasteiger partial charge on any atom is 0.619 e. The topological polar surface area (TPSA) is 61.8 Å². The van der Waals surface area contributed by atoms with Crippen molar-refractivity contribution in [3.05, 3.63) is 0 Å². The molecule has 0 radical (unpaired) electrons. The van der Waals surface area contributed by atoms with Crippen LogP contribution in [0.4, 0.5) is 0 Å². The molecule has 0 saturated heterocycles. The summed E-state index contributed by atoms with van der Waals surface area (Å²) in [6, 6.07) is 0. The van der Waals surface area contributed by atoms with E-state index in [0.717, 1.165) is 0 Å². The third-order valence-electron chi connectivity index (χ3n) is 1.23. The fourth-order valence-electron chi connectivity index (χ4n) is 0.502. The standard InChI is InChI=1S/C7H14O5Si/c1-4-6(8)11-13(10-3)12-7(9)5-2/h13H,4-5H2,1-3H3. The average molecular weight is 206 g/mol. The normalized spacial score (nSPS) is 9.85. The van der Waals surface area contributed by atoms with Crippen LogP contribution in [0.5, 0.6) is 0 Å². The minimum Gasteiger partial charge on any atom is -0.467 e. The van der Waals surface area contributed by atoms with Crippen molar-refractivity contribution < 1.29 is 22.9 Å². The molecule has 0 N–H and O–H groups in total. The summed E-state index contributed by atoms with van der Waals surface area (Å²) in [5.41, 5.74) is 0. The predicted octanol–water partition coefficient (Wildman–Crippen LogP) is 0.256. The highest BCUT2D eigenvalue weighted by atomic mass is 28.3. The smallest absolute Gasteiger partial charge is 0.467 e. The number of hydrogen-bond donors (Lipinski definition) is 0. The first-order valence-electron chi connectivity index (χ1n) is 4.05. The van der Waals surface area contributed by atoms with Gasteiger partial charge in [-0.3, -0.25) is 9.59 Å². The molecule has 0 bridgehead atoms. The Hall–Kier alpha value is -0.883. The first-order valence-corrected chi connectivity index (χ1v) is 5.47. The molecule has 0 atom stereocenters. The molecule has 0 aromatic heterocycles. The second-order valence-corrected chi connectivity index (χ2v) is 3.73. The summed E-state index contributed by atoms with van der Waals surface area (Å²) in [4.78, 5) is 21.6. The fraction of sp³-hybridized carbons (Fsp3) is 0.714. The van der Waals surface area contributed by atoms with Crippen molar-refractivity contribution in [2.24, 2.45) is 0 Å². The zero-order chi connectivity index (χ0) is 10.3. The molecule has 0 rings (SSSR count). The van der Waals surface area contributed by atoms with Crippen LogP contribution in [-0.4, -0.2) is 28.6 Å². The third kappa shape index (κ3) is 5.37. The van der Waals surface area contributed by atoms with E-state index in [1.54, 1.807) is 13.8 Å². The van der Waals surface area contributed by atoms with Crippen molar-refractivity contribution in [3.63, 3.8) is 0 Å². The van der Waals surface area contributed by atoms with Crippen molar-refractivity contribution in [2.75, 3.05) is 7.11 Å². The van der Waals surface area contributed by atoms with Gasteiger partial charge >= 0.3 is 9.53 Å². The molecular weight excluding hydrogens is 192 g/mol. The Balaban J connectivity index is 3.89. The van der Waals surface area contributed by atoms with Gasteiger partial charge in [-0.05, 0) is 0 Å². The number of hydrogen-bond acceptors (Lipinski definition) is 5. The Bertz CT molecular complexity index is 164. The maximum atomic E-state index is 10.8. The first-order chi connectivity index (χ1) is 6.13. The average Bonchev–Trinajstić information content (AvgIpc) is 2.16. The largest absolute Gasteiger partial charge is 0.619 e. The molecule has 0 amide bonds. The van der Waals surface area contributed by atoms with Gasteiger partial charge in [-0.1, -0.05) is 13.8 Å². The van der Waals surface area contributed by atoms with Crippen molar-refractivity contribution in [3.8, 4) is 0 Å². The molecule has 0 unspecified atom stereocenters. The van der Waals surface area contributed by atoms with Gasteiger partial charge in [0, 0.05) is 20.0 Å². The maximum absolute atomic E-state index is 10.8.